The monoisotopic (exact) mass is 259 g/mol. The van der Waals surface area contributed by atoms with Gasteiger partial charge in [-0.3, -0.25) is 0 Å². The molecule has 0 saturated carbocycles. The summed E-state index contributed by atoms with van der Waals surface area (Å²) in [7, 11) is 0. The molecule has 0 spiro atoms. The largest absolute Gasteiger partial charge is 0.306 e. The summed E-state index contributed by atoms with van der Waals surface area (Å²) in [5.74, 6) is -0.213. The average Bonchev–Trinajstić information content (AvgIpc) is 2.39. The van der Waals surface area contributed by atoms with Crippen LogP contribution >= 0.6 is 0 Å². The molecule has 0 radical (unpaired) electrons. The molecule has 2 aromatic rings. The van der Waals surface area contributed by atoms with E-state index in [0.717, 1.165) is 29.7 Å². The van der Waals surface area contributed by atoms with Crippen molar-refractivity contribution in [3.63, 3.8) is 0 Å². The summed E-state index contributed by atoms with van der Waals surface area (Å²) in [5, 5.41) is 3.41. The first-order valence-electron chi connectivity index (χ1n) is 6.46. The maximum absolute atomic E-state index is 13.6. The predicted octanol–water partition coefficient (Wildman–Crippen LogP) is 3.01. The van der Waals surface area contributed by atoms with Crippen LogP contribution in [-0.2, 0) is 0 Å². The Bertz CT molecular complexity index is 508. The van der Waals surface area contributed by atoms with Gasteiger partial charge in [0.2, 0.25) is 0 Å². The summed E-state index contributed by atoms with van der Waals surface area (Å²) >= 11 is 0. The molecule has 0 aliphatic rings. The fourth-order valence-corrected chi connectivity index (χ4v) is 2.11. The molecule has 0 aliphatic carbocycles. The van der Waals surface area contributed by atoms with Crippen LogP contribution in [0.4, 0.5) is 4.39 Å². The van der Waals surface area contributed by atoms with E-state index >= 15 is 0 Å². The maximum atomic E-state index is 13.6. The van der Waals surface area contributed by atoms with Gasteiger partial charge in [-0.1, -0.05) is 13.0 Å². The van der Waals surface area contributed by atoms with E-state index in [-0.39, 0.29) is 11.9 Å². The molecule has 0 aliphatic heterocycles. The molecule has 4 heteroatoms. The molecule has 2 rings (SSSR count). The third-order valence-electron chi connectivity index (χ3n) is 2.91. The first-order chi connectivity index (χ1) is 9.20. The van der Waals surface area contributed by atoms with Crippen LogP contribution in [0.1, 0.15) is 36.1 Å². The lowest BCUT2D eigenvalue weighted by Gasteiger charge is -2.19. The van der Waals surface area contributed by atoms with Crippen molar-refractivity contribution in [3.8, 4) is 0 Å². The van der Waals surface area contributed by atoms with Crippen molar-refractivity contribution in [1.29, 1.82) is 0 Å². The lowest BCUT2D eigenvalue weighted by atomic mass is 9.99. The highest BCUT2D eigenvalue weighted by molar-refractivity contribution is 5.32. The Morgan fingerprint density at radius 3 is 2.53 bits per heavy atom. The number of nitrogens with one attached hydrogen (secondary N) is 1. The fraction of sp³-hybridized carbons (Fsp3) is 0.333. The van der Waals surface area contributed by atoms with E-state index in [9.17, 15) is 4.39 Å². The van der Waals surface area contributed by atoms with Crippen molar-refractivity contribution in [2.45, 2.75) is 26.3 Å². The molecule has 1 aromatic heterocycles. The van der Waals surface area contributed by atoms with Crippen LogP contribution in [0.25, 0.3) is 0 Å². The zero-order chi connectivity index (χ0) is 13.7. The summed E-state index contributed by atoms with van der Waals surface area (Å²) in [5.41, 5.74) is 2.76. The van der Waals surface area contributed by atoms with Crippen LogP contribution in [0, 0.1) is 12.7 Å². The first kappa shape index (κ1) is 13.6. The number of rotatable bonds is 5. The molecule has 1 unspecified atom stereocenters. The number of benzene rings is 1. The molecule has 100 valence electrons. The minimum Gasteiger partial charge on any atom is -0.306 e. The molecule has 0 bridgehead atoms. The Balaban J connectivity index is 2.36. The van der Waals surface area contributed by atoms with Crippen LogP contribution in [0.2, 0.25) is 0 Å². The Labute approximate surface area is 112 Å². The van der Waals surface area contributed by atoms with E-state index in [4.69, 9.17) is 0 Å². The molecule has 0 amide bonds. The van der Waals surface area contributed by atoms with Gasteiger partial charge in [0.15, 0.2) is 0 Å². The minimum absolute atomic E-state index is 0.0736. The van der Waals surface area contributed by atoms with Gasteiger partial charge >= 0.3 is 0 Å². The summed E-state index contributed by atoms with van der Waals surface area (Å²) in [4.78, 5) is 8.08. The van der Waals surface area contributed by atoms with E-state index in [1.165, 1.54) is 12.4 Å². The van der Waals surface area contributed by atoms with Crippen LogP contribution in [0.5, 0.6) is 0 Å². The van der Waals surface area contributed by atoms with Gasteiger partial charge in [0.05, 0.1) is 6.04 Å². The topological polar surface area (TPSA) is 37.8 Å². The molecule has 1 N–H and O–H groups in total. The third-order valence-corrected chi connectivity index (χ3v) is 2.91. The summed E-state index contributed by atoms with van der Waals surface area (Å²) in [6.45, 7) is 4.85. The number of hydrogen-bond acceptors (Lipinski definition) is 3. The second-order valence-electron chi connectivity index (χ2n) is 4.62. The molecule has 1 heterocycles. The number of aromatic nitrogens is 2. The van der Waals surface area contributed by atoms with Crippen LogP contribution < -0.4 is 5.32 Å². The van der Waals surface area contributed by atoms with Gasteiger partial charge in [-0.05, 0) is 43.1 Å². The molecular formula is C15H18FN3. The highest BCUT2D eigenvalue weighted by Crippen LogP contribution is 2.22. The van der Waals surface area contributed by atoms with Crippen LogP contribution in [-0.4, -0.2) is 16.5 Å². The van der Waals surface area contributed by atoms with Crippen molar-refractivity contribution in [2.75, 3.05) is 6.54 Å². The van der Waals surface area contributed by atoms with Crippen LogP contribution in [0.3, 0.4) is 0 Å². The molecule has 1 aromatic carbocycles. The van der Waals surface area contributed by atoms with Gasteiger partial charge in [-0.15, -0.1) is 0 Å². The van der Waals surface area contributed by atoms with Gasteiger partial charge in [0, 0.05) is 18.0 Å². The Kier molecular flexibility index (Phi) is 4.58. The zero-order valence-electron chi connectivity index (χ0n) is 11.2. The maximum Gasteiger partial charge on any atom is 0.123 e. The van der Waals surface area contributed by atoms with E-state index in [0.29, 0.717) is 0 Å². The second-order valence-corrected chi connectivity index (χ2v) is 4.62. The molecule has 19 heavy (non-hydrogen) atoms. The lowest BCUT2D eigenvalue weighted by molar-refractivity contribution is 0.582. The quantitative estimate of drug-likeness (QED) is 0.897. The second kappa shape index (κ2) is 6.38. The van der Waals surface area contributed by atoms with Crippen molar-refractivity contribution in [1.82, 2.24) is 15.3 Å². The standard InChI is InChI=1S/C15H18FN3/c1-3-4-19-15(13-8-17-10-18-9-13)12-5-11(2)6-14(16)7-12/h5-10,15,19H,3-4H2,1-2H3. The number of hydrogen-bond donors (Lipinski definition) is 1. The zero-order valence-corrected chi connectivity index (χ0v) is 11.2. The van der Waals surface area contributed by atoms with Crippen LogP contribution in [0.15, 0.2) is 36.9 Å². The van der Waals surface area contributed by atoms with E-state index in [1.54, 1.807) is 18.5 Å². The first-order valence-corrected chi connectivity index (χ1v) is 6.46. The fourth-order valence-electron chi connectivity index (χ4n) is 2.11. The smallest absolute Gasteiger partial charge is 0.123 e. The van der Waals surface area contributed by atoms with E-state index in [1.807, 2.05) is 13.0 Å². The third kappa shape index (κ3) is 3.58. The molecular weight excluding hydrogens is 241 g/mol. The molecule has 1 atom stereocenters. The van der Waals surface area contributed by atoms with Gasteiger partial charge in [-0.2, -0.15) is 0 Å². The Morgan fingerprint density at radius 2 is 1.89 bits per heavy atom. The summed E-state index contributed by atoms with van der Waals surface area (Å²) in [6, 6.07) is 5.01. The molecule has 3 nitrogen and oxygen atoms in total. The molecule has 0 fully saturated rings. The Hall–Kier alpha value is -1.81. The number of nitrogens with zero attached hydrogens (tertiary/aromatic N) is 2. The lowest BCUT2D eigenvalue weighted by Crippen LogP contribution is -2.23. The summed E-state index contributed by atoms with van der Waals surface area (Å²) in [6.07, 6.45) is 6.04. The van der Waals surface area contributed by atoms with Crippen molar-refractivity contribution >= 4 is 0 Å². The molecule has 0 saturated heterocycles. The Morgan fingerprint density at radius 1 is 1.16 bits per heavy atom. The van der Waals surface area contributed by atoms with Gasteiger partial charge in [0.1, 0.15) is 12.1 Å². The van der Waals surface area contributed by atoms with E-state index < -0.39 is 0 Å². The predicted molar refractivity (Wildman–Crippen MR) is 73.3 cm³/mol. The number of aryl methyl sites for hydroxylation is 1. The van der Waals surface area contributed by atoms with Gasteiger partial charge < -0.3 is 5.32 Å². The minimum atomic E-state index is -0.213. The summed E-state index contributed by atoms with van der Waals surface area (Å²) < 4.78 is 13.6. The van der Waals surface area contributed by atoms with Gasteiger partial charge in [0.25, 0.3) is 0 Å². The SMILES string of the molecule is CCCNC(c1cncnc1)c1cc(C)cc(F)c1. The highest BCUT2D eigenvalue weighted by Gasteiger charge is 2.15. The normalized spacial score (nSPS) is 12.4. The van der Waals surface area contributed by atoms with Crippen molar-refractivity contribution in [2.24, 2.45) is 0 Å². The van der Waals surface area contributed by atoms with Crippen molar-refractivity contribution in [3.05, 3.63) is 59.4 Å². The highest BCUT2D eigenvalue weighted by atomic mass is 19.1. The van der Waals surface area contributed by atoms with E-state index in [2.05, 4.69) is 22.2 Å². The average molecular weight is 259 g/mol. The van der Waals surface area contributed by atoms with Crippen molar-refractivity contribution < 1.29 is 4.39 Å². The van der Waals surface area contributed by atoms with Gasteiger partial charge in [-0.25, -0.2) is 14.4 Å². The number of halogens is 1.